The molecule has 0 saturated carbocycles. The van der Waals surface area contributed by atoms with Gasteiger partial charge in [-0.15, -0.1) is 0 Å². The summed E-state index contributed by atoms with van der Waals surface area (Å²) < 4.78 is 44.5. The predicted molar refractivity (Wildman–Crippen MR) is 121 cm³/mol. The van der Waals surface area contributed by atoms with Crippen molar-refractivity contribution in [3.63, 3.8) is 0 Å². The monoisotopic (exact) mass is 493 g/mol. The Balaban J connectivity index is 1.69. The number of rotatable bonds is 9. The number of benzene rings is 2. The molecule has 11 heteroatoms. The second-order valence-electron chi connectivity index (χ2n) is 8.50. The number of carbonyl (C=O) groups is 3. The van der Waals surface area contributed by atoms with Gasteiger partial charge in [-0.05, 0) is 36.3 Å². The second kappa shape index (κ2) is 10.8. The molecule has 188 valence electrons. The molecule has 0 heterocycles. The van der Waals surface area contributed by atoms with Crippen molar-refractivity contribution in [1.82, 2.24) is 15.5 Å². The fraction of sp³-hybridized carbons (Fsp3) is 0.375. The second-order valence-corrected chi connectivity index (χ2v) is 8.50. The van der Waals surface area contributed by atoms with Gasteiger partial charge in [0.25, 0.3) is 0 Å². The van der Waals surface area contributed by atoms with Gasteiger partial charge in [0.2, 0.25) is 5.91 Å². The number of likely N-dealkylation sites (N-methyl/N-ethyl adjacent to an activating group) is 1. The number of nitrogens with zero attached hydrogens (tertiary/aromatic N) is 1. The van der Waals surface area contributed by atoms with Crippen molar-refractivity contribution in [2.24, 2.45) is 0 Å². The number of carbonyl (C=O) groups excluding carboxylic acids is 2. The molecule has 2 aromatic rings. The van der Waals surface area contributed by atoms with Gasteiger partial charge in [0.1, 0.15) is 18.7 Å². The third-order valence-corrected chi connectivity index (χ3v) is 5.55. The number of ether oxygens (including phenoxy) is 1. The molecule has 0 spiro atoms. The summed E-state index contributed by atoms with van der Waals surface area (Å²) in [6, 6.07) is 11.6. The summed E-state index contributed by atoms with van der Waals surface area (Å²) in [6.07, 6.45) is -7.69. The Hall–Kier alpha value is -3.60. The molecule has 2 aromatic carbocycles. The van der Waals surface area contributed by atoms with Crippen molar-refractivity contribution in [2.45, 2.75) is 30.6 Å². The lowest BCUT2D eigenvalue weighted by Gasteiger charge is -2.24. The molecule has 0 bridgehead atoms. The van der Waals surface area contributed by atoms with Gasteiger partial charge in [-0.25, -0.2) is 9.59 Å². The van der Waals surface area contributed by atoms with Crippen molar-refractivity contribution >= 4 is 18.0 Å². The standard InChI is InChI=1S/C24H26F3N3O5/c1-30(2)12-20(22(32)33)28-21(31)19(11-24(25,26)27)29-23(34)35-13-18-16-9-5-3-7-14(16)15-8-4-6-10-17(15)18/h3-10,18-20H,11-13H2,1-2H3,(H,28,31)(H,29,34)(H,32,33). The Bertz CT molecular complexity index is 1040. The molecule has 2 unspecified atom stereocenters. The number of nitrogens with one attached hydrogen (secondary N) is 2. The molecule has 2 atom stereocenters. The van der Waals surface area contributed by atoms with Crippen LogP contribution in [0.1, 0.15) is 23.5 Å². The lowest BCUT2D eigenvalue weighted by molar-refractivity contribution is -0.150. The number of amides is 2. The number of hydrogen-bond acceptors (Lipinski definition) is 5. The van der Waals surface area contributed by atoms with Gasteiger partial charge in [0.15, 0.2) is 0 Å². The zero-order valence-corrected chi connectivity index (χ0v) is 19.1. The van der Waals surface area contributed by atoms with Crippen LogP contribution in [0, 0.1) is 0 Å². The molecule has 0 radical (unpaired) electrons. The maximum Gasteiger partial charge on any atom is 0.407 e. The van der Waals surface area contributed by atoms with E-state index in [4.69, 9.17) is 4.74 Å². The van der Waals surface area contributed by atoms with E-state index in [9.17, 15) is 32.7 Å². The Kier molecular flexibility index (Phi) is 8.00. The van der Waals surface area contributed by atoms with Crippen LogP contribution in [-0.2, 0) is 14.3 Å². The van der Waals surface area contributed by atoms with Crippen LogP contribution in [0.4, 0.5) is 18.0 Å². The van der Waals surface area contributed by atoms with Crippen LogP contribution in [0.15, 0.2) is 48.5 Å². The van der Waals surface area contributed by atoms with Gasteiger partial charge in [0, 0.05) is 12.5 Å². The average molecular weight is 493 g/mol. The number of carboxylic acid groups (broad SMARTS) is 1. The Morgan fingerprint density at radius 1 is 0.971 bits per heavy atom. The summed E-state index contributed by atoms with van der Waals surface area (Å²) >= 11 is 0. The minimum atomic E-state index is -4.79. The van der Waals surface area contributed by atoms with Crippen LogP contribution in [0.3, 0.4) is 0 Å². The van der Waals surface area contributed by atoms with E-state index in [1.165, 1.54) is 4.90 Å². The van der Waals surface area contributed by atoms with E-state index in [2.05, 4.69) is 0 Å². The molecular weight excluding hydrogens is 467 g/mol. The smallest absolute Gasteiger partial charge is 0.407 e. The molecule has 0 aliphatic heterocycles. The SMILES string of the molecule is CN(C)CC(NC(=O)C(CC(F)(F)F)NC(=O)OCC1c2ccccc2-c2ccccc21)C(=O)O. The van der Waals surface area contributed by atoms with E-state index in [0.29, 0.717) is 0 Å². The lowest BCUT2D eigenvalue weighted by atomic mass is 9.98. The van der Waals surface area contributed by atoms with Gasteiger partial charge in [-0.3, -0.25) is 4.79 Å². The normalized spacial score (nSPS) is 14.6. The summed E-state index contributed by atoms with van der Waals surface area (Å²) in [6.45, 7) is -0.302. The Morgan fingerprint density at radius 3 is 2.00 bits per heavy atom. The van der Waals surface area contributed by atoms with Crippen LogP contribution in [0.25, 0.3) is 11.1 Å². The van der Waals surface area contributed by atoms with E-state index in [1.807, 2.05) is 59.2 Å². The summed E-state index contributed by atoms with van der Waals surface area (Å²) in [7, 11) is 3.09. The molecule has 3 N–H and O–H groups in total. The van der Waals surface area contributed by atoms with Crippen molar-refractivity contribution < 1.29 is 37.4 Å². The van der Waals surface area contributed by atoms with Crippen molar-refractivity contribution in [3.8, 4) is 11.1 Å². The van der Waals surface area contributed by atoms with Crippen LogP contribution >= 0.6 is 0 Å². The Labute approximate surface area is 200 Å². The van der Waals surface area contributed by atoms with E-state index >= 15 is 0 Å². The first-order valence-corrected chi connectivity index (χ1v) is 10.8. The van der Waals surface area contributed by atoms with Crippen molar-refractivity contribution in [1.29, 1.82) is 0 Å². The lowest BCUT2D eigenvalue weighted by Crippen LogP contribution is -2.55. The summed E-state index contributed by atoms with van der Waals surface area (Å²) in [4.78, 5) is 37.7. The number of carboxylic acids is 1. The highest BCUT2D eigenvalue weighted by atomic mass is 19.4. The van der Waals surface area contributed by atoms with Gasteiger partial charge >= 0.3 is 18.2 Å². The third-order valence-electron chi connectivity index (χ3n) is 5.55. The summed E-state index contributed by atoms with van der Waals surface area (Å²) in [5.41, 5.74) is 3.79. The van der Waals surface area contributed by atoms with E-state index in [0.717, 1.165) is 22.3 Å². The van der Waals surface area contributed by atoms with E-state index < -0.39 is 42.7 Å². The summed E-state index contributed by atoms with van der Waals surface area (Å²) in [5.74, 6) is -3.01. The van der Waals surface area contributed by atoms with Crippen LogP contribution in [-0.4, -0.2) is 73.5 Å². The highest BCUT2D eigenvalue weighted by molar-refractivity contribution is 5.89. The van der Waals surface area contributed by atoms with Gasteiger partial charge in [-0.1, -0.05) is 48.5 Å². The summed E-state index contributed by atoms with van der Waals surface area (Å²) in [5, 5.41) is 13.2. The predicted octanol–water partition coefficient (Wildman–Crippen LogP) is 2.98. The van der Waals surface area contributed by atoms with Crippen molar-refractivity contribution in [3.05, 3.63) is 59.7 Å². The van der Waals surface area contributed by atoms with Crippen LogP contribution < -0.4 is 10.6 Å². The number of alkyl halides is 3. The van der Waals surface area contributed by atoms with Gasteiger partial charge in [0.05, 0.1) is 6.42 Å². The quantitative estimate of drug-likeness (QED) is 0.496. The number of alkyl carbamates (subject to hydrolysis) is 1. The van der Waals surface area contributed by atoms with Gasteiger partial charge in [-0.2, -0.15) is 13.2 Å². The molecule has 35 heavy (non-hydrogen) atoms. The number of halogens is 3. The van der Waals surface area contributed by atoms with E-state index in [-0.39, 0.29) is 19.1 Å². The molecule has 1 aliphatic carbocycles. The van der Waals surface area contributed by atoms with Crippen LogP contribution in [0.2, 0.25) is 0 Å². The maximum absolute atomic E-state index is 13.1. The third kappa shape index (κ3) is 6.72. The first-order valence-electron chi connectivity index (χ1n) is 10.8. The number of aliphatic carboxylic acids is 1. The maximum atomic E-state index is 13.1. The molecule has 0 saturated heterocycles. The molecule has 3 rings (SSSR count). The number of hydrogen-bond donors (Lipinski definition) is 3. The Morgan fingerprint density at radius 2 is 1.51 bits per heavy atom. The molecular formula is C24H26F3N3O5. The molecule has 0 aromatic heterocycles. The van der Waals surface area contributed by atoms with Crippen molar-refractivity contribution in [2.75, 3.05) is 27.2 Å². The fourth-order valence-electron chi connectivity index (χ4n) is 4.05. The first-order chi connectivity index (χ1) is 16.5. The number of fused-ring (bicyclic) bond motifs is 3. The largest absolute Gasteiger partial charge is 0.480 e. The molecule has 8 nitrogen and oxygen atoms in total. The van der Waals surface area contributed by atoms with Crippen LogP contribution in [0.5, 0.6) is 0 Å². The first kappa shape index (κ1) is 26.0. The molecule has 1 aliphatic rings. The van der Waals surface area contributed by atoms with E-state index in [1.54, 1.807) is 14.1 Å². The zero-order valence-electron chi connectivity index (χ0n) is 19.1. The fourth-order valence-corrected chi connectivity index (χ4v) is 4.05. The minimum Gasteiger partial charge on any atom is -0.480 e. The minimum absolute atomic E-state index is 0.148. The highest BCUT2D eigenvalue weighted by Gasteiger charge is 2.38. The average Bonchev–Trinajstić information content (AvgIpc) is 3.09. The highest BCUT2D eigenvalue weighted by Crippen LogP contribution is 2.44. The zero-order chi connectivity index (χ0) is 25.8. The molecule has 0 fully saturated rings. The van der Waals surface area contributed by atoms with Gasteiger partial charge < -0.3 is 25.4 Å². The topological polar surface area (TPSA) is 108 Å². The molecule has 2 amide bonds.